The molecule has 20 heteroatoms. The van der Waals surface area contributed by atoms with Crippen molar-refractivity contribution >= 4 is 58.0 Å². The Hall–Kier alpha value is -9.40. The Morgan fingerprint density at radius 1 is 0.558 bits per heavy atom. The number of pyridine rings is 4. The van der Waals surface area contributed by atoms with Crippen LogP contribution in [-0.4, -0.2) is 113 Å². The van der Waals surface area contributed by atoms with Gasteiger partial charge in [0, 0.05) is 92.2 Å². The summed E-state index contributed by atoms with van der Waals surface area (Å²) in [4.78, 5) is 88.0. The molecule has 0 bridgehead atoms. The summed E-state index contributed by atoms with van der Waals surface area (Å²) in [6.07, 6.45) is 10.00. The number of carboxylic acids is 1. The van der Waals surface area contributed by atoms with Crippen LogP contribution >= 0.6 is 0 Å². The van der Waals surface area contributed by atoms with Crippen molar-refractivity contribution in [2.45, 2.75) is 52.9 Å². The minimum absolute atomic E-state index is 0.0162. The van der Waals surface area contributed by atoms with Gasteiger partial charge in [-0.15, -0.1) is 0 Å². The highest BCUT2D eigenvalue weighted by Gasteiger charge is 2.19. The number of urea groups is 2. The topological polar surface area (TPSA) is 261 Å². The first-order valence-corrected chi connectivity index (χ1v) is 25.0. The number of ether oxygens (including phenoxy) is 1. The second-order valence-electron chi connectivity index (χ2n) is 18.9. The zero-order valence-corrected chi connectivity index (χ0v) is 43.3. The van der Waals surface area contributed by atoms with Gasteiger partial charge in [0.05, 0.1) is 46.3 Å². The number of esters is 1. The molecule has 3 aromatic carbocycles. The van der Waals surface area contributed by atoms with Crippen molar-refractivity contribution in [3.05, 3.63) is 155 Å². The van der Waals surface area contributed by atoms with Crippen LogP contribution in [0.1, 0.15) is 47.2 Å². The van der Waals surface area contributed by atoms with Crippen molar-refractivity contribution in [1.82, 2.24) is 60.3 Å². The number of nitrogens with one attached hydrogen (secondary N) is 6. The highest BCUT2D eigenvalue weighted by molar-refractivity contribution is 5.99. The predicted molar refractivity (Wildman–Crippen MR) is 294 cm³/mol. The number of nitrogens with zero attached hydrogens (tertiary/aromatic N) is 8. The zero-order chi connectivity index (χ0) is 54.0. The molecular weight excluding hydrogens is 977 g/mol. The molecule has 0 fully saturated rings. The number of aliphatic carboxylic acids is 1. The summed E-state index contributed by atoms with van der Waals surface area (Å²) in [6, 6.07) is 26.7. The fourth-order valence-corrected chi connectivity index (χ4v) is 8.97. The maximum atomic E-state index is 13.3. The van der Waals surface area contributed by atoms with Crippen molar-refractivity contribution in [2.75, 3.05) is 44.9 Å². The molecule has 0 aliphatic carbocycles. The smallest absolute Gasteiger partial charge is 0.321 e. The number of carbonyl (C=O) groups is 4. The molecule has 0 unspecified atom stereocenters. The fourth-order valence-electron chi connectivity index (χ4n) is 8.97. The molecule has 0 saturated heterocycles. The van der Waals surface area contributed by atoms with E-state index in [-0.39, 0.29) is 31.4 Å². The van der Waals surface area contributed by atoms with Gasteiger partial charge >= 0.3 is 24.0 Å². The van der Waals surface area contributed by atoms with Gasteiger partial charge in [0.1, 0.15) is 6.61 Å². The molecule has 0 aliphatic heterocycles. The predicted octanol–water partition coefficient (Wildman–Crippen LogP) is 8.58. The van der Waals surface area contributed by atoms with Crippen LogP contribution in [0.5, 0.6) is 0 Å². The summed E-state index contributed by atoms with van der Waals surface area (Å²) in [5.74, 6) is -0.789. The standard InChI is InChI=1S/C57H58N14O6/c1-6-60-56(75)68-54-65-49-25-41(23-44(52(49)66-54)46-18-36(12-14-62-46)30-70(3)4)43-17-39(27-59-29-43)21-51(74)77-33-35-10-8-34(9-11-35)31-71(5)32-37-13-15-63-47(19-37)45-22-40(42-16-38(20-50(72)73)26-58-28-42)24-48-53(45)67-55(64-48)69-57(76)61-7-2/h8-19,22-29H,6-7,20-21,30-33H2,1-5H3,(H,72,73)(H3,60,65,66,68,75)(H3,61,64,67,69,76). The molecule has 392 valence electrons. The van der Waals surface area contributed by atoms with Crippen LogP contribution < -0.4 is 21.3 Å². The number of rotatable bonds is 20. The van der Waals surface area contributed by atoms with Crippen molar-refractivity contribution in [2.24, 2.45) is 0 Å². The minimum atomic E-state index is -0.954. The molecule has 0 atom stereocenters. The molecular formula is C57H58N14O6. The van der Waals surface area contributed by atoms with Gasteiger partial charge in [0.15, 0.2) is 0 Å². The lowest BCUT2D eigenvalue weighted by molar-refractivity contribution is -0.144. The molecule has 6 aromatic heterocycles. The zero-order valence-electron chi connectivity index (χ0n) is 43.3. The lowest BCUT2D eigenvalue weighted by Gasteiger charge is -2.18. The number of carbonyl (C=O) groups excluding carboxylic acids is 3. The van der Waals surface area contributed by atoms with Crippen LogP contribution in [-0.2, 0) is 53.4 Å². The summed E-state index contributed by atoms with van der Waals surface area (Å²) in [7, 11) is 6.05. The van der Waals surface area contributed by atoms with Gasteiger partial charge in [-0.2, -0.15) is 0 Å². The van der Waals surface area contributed by atoms with E-state index < -0.39 is 18.0 Å². The number of benzene rings is 3. The normalized spacial score (nSPS) is 11.3. The van der Waals surface area contributed by atoms with E-state index in [9.17, 15) is 24.3 Å². The number of hydrogen-bond acceptors (Lipinski definition) is 13. The van der Waals surface area contributed by atoms with Crippen LogP contribution in [0.3, 0.4) is 0 Å². The van der Waals surface area contributed by atoms with Crippen molar-refractivity contribution in [3.8, 4) is 44.8 Å². The Morgan fingerprint density at radius 3 is 1.56 bits per heavy atom. The first kappa shape index (κ1) is 52.5. The van der Waals surface area contributed by atoms with Crippen molar-refractivity contribution in [3.63, 3.8) is 0 Å². The lowest BCUT2D eigenvalue weighted by atomic mass is 9.99. The molecule has 9 aromatic rings. The molecule has 6 heterocycles. The Morgan fingerprint density at radius 2 is 1.05 bits per heavy atom. The van der Waals surface area contributed by atoms with Crippen LogP contribution in [0.4, 0.5) is 21.5 Å². The number of carboxylic acid groups (broad SMARTS) is 1. The summed E-state index contributed by atoms with van der Waals surface area (Å²) in [6.45, 7) is 6.63. The fraction of sp³-hybridized carbons (Fsp3) is 0.228. The van der Waals surface area contributed by atoms with Crippen LogP contribution in [0.25, 0.3) is 66.8 Å². The molecule has 20 nitrogen and oxygen atoms in total. The SMILES string of the molecule is CCNC(=O)Nc1nc2c(-c3cc(CN(C)C)ccn3)cc(-c3cncc(CC(=O)OCc4ccc(CN(C)Cc5ccnc(-c6cc(-c7cncc(CC(=O)O)c7)cc7[nH]c(NC(=O)NCC)nc67)c5)cc4)c3)cc2[nH]1. The highest BCUT2D eigenvalue weighted by atomic mass is 16.5. The van der Waals surface area contributed by atoms with E-state index in [0.717, 1.165) is 62.3 Å². The van der Waals surface area contributed by atoms with E-state index in [1.54, 1.807) is 37.1 Å². The van der Waals surface area contributed by atoms with E-state index in [4.69, 9.17) is 24.7 Å². The van der Waals surface area contributed by atoms with E-state index in [2.05, 4.69) is 51.0 Å². The molecule has 77 heavy (non-hydrogen) atoms. The first-order valence-electron chi connectivity index (χ1n) is 25.0. The third-order valence-electron chi connectivity index (χ3n) is 12.3. The van der Waals surface area contributed by atoms with Gasteiger partial charge in [-0.25, -0.2) is 19.6 Å². The highest BCUT2D eigenvalue weighted by Crippen LogP contribution is 2.36. The third-order valence-corrected chi connectivity index (χ3v) is 12.3. The van der Waals surface area contributed by atoms with Gasteiger partial charge in [0.2, 0.25) is 11.9 Å². The van der Waals surface area contributed by atoms with Gasteiger partial charge in [0.25, 0.3) is 0 Å². The lowest BCUT2D eigenvalue weighted by Crippen LogP contribution is -2.28. The van der Waals surface area contributed by atoms with E-state index >= 15 is 0 Å². The Bertz CT molecular complexity index is 3610. The van der Waals surface area contributed by atoms with E-state index in [0.29, 0.717) is 76.6 Å². The Balaban J connectivity index is 0.848. The largest absolute Gasteiger partial charge is 0.481 e. The molecule has 9 rings (SSSR count). The molecule has 7 N–H and O–H groups in total. The van der Waals surface area contributed by atoms with E-state index in [1.165, 1.54) is 6.20 Å². The average Bonchev–Trinajstić information content (AvgIpc) is 4.01. The van der Waals surface area contributed by atoms with Gasteiger partial charge < -0.3 is 35.3 Å². The van der Waals surface area contributed by atoms with Gasteiger partial charge in [-0.1, -0.05) is 24.3 Å². The number of aromatic nitrogens is 8. The first-order chi connectivity index (χ1) is 37.2. The summed E-state index contributed by atoms with van der Waals surface area (Å²) >= 11 is 0. The van der Waals surface area contributed by atoms with Crippen molar-refractivity contribution in [1.29, 1.82) is 0 Å². The monoisotopic (exact) mass is 1030 g/mol. The summed E-state index contributed by atoms with van der Waals surface area (Å²) in [5.41, 5.74) is 13.8. The van der Waals surface area contributed by atoms with Crippen LogP contribution in [0, 0.1) is 0 Å². The molecule has 0 aliphatic rings. The van der Waals surface area contributed by atoms with E-state index in [1.807, 2.05) is 114 Å². The van der Waals surface area contributed by atoms with Crippen LogP contribution in [0.2, 0.25) is 0 Å². The number of hydrogen-bond donors (Lipinski definition) is 7. The Kier molecular flexibility index (Phi) is 16.3. The molecule has 0 spiro atoms. The minimum Gasteiger partial charge on any atom is -0.481 e. The average molecular weight is 1040 g/mol. The van der Waals surface area contributed by atoms with Gasteiger partial charge in [-0.3, -0.25) is 45.1 Å². The molecule has 0 saturated carbocycles. The second-order valence-corrected chi connectivity index (χ2v) is 18.9. The molecule has 0 radical (unpaired) electrons. The maximum absolute atomic E-state index is 13.3. The number of H-pyrrole nitrogens is 2. The number of aromatic amines is 2. The number of fused-ring (bicyclic) bond motifs is 2. The third kappa shape index (κ3) is 13.5. The van der Waals surface area contributed by atoms with Crippen LogP contribution in [0.15, 0.2) is 122 Å². The number of amides is 4. The number of anilines is 2. The van der Waals surface area contributed by atoms with Crippen molar-refractivity contribution < 1.29 is 29.0 Å². The summed E-state index contributed by atoms with van der Waals surface area (Å²) in [5, 5.41) is 20.4. The number of imidazole rings is 2. The molecule has 4 amide bonds. The van der Waals surface area contributed by atoms with Gasteiger partial charge in [-0.05, 0) is 140 Å². The Labute approximate surface area is 443 Å². The quantitative estimate of drug-likeness (QED) is 0.0353. The maximum Gasteiger partial charge on any atom is 0.321 e. The summed E-state index contributed by atoms with van der Waals surface area (Å²) < 4.78 is 5.76. The second kappa shape index (κ2) is 23.9.